The Hall–Kier alpha value is -1.30. The molecule has 16 heavy (non-hydrogen) atoms. The fourth-order valence-corrected chi connectivity index (χ4v) is 1.71. The quantitative estimate of drug-likeness (QED) is 0.800. The van der Waals surface area contributed by atoms with Gasteiger partial charge in [0.1, 0.15) is 11.5 Å². The van der Waals surface area contributed by atoms with Gasteiger partial charge in [0, 0.05) is 13.1 Å². The van der Waals surface area contributed by atoms with Crippen LogP contribution in [0.5, 0.6) is 0 Å². The van der Waals surface area contributed by atoms with Gasteiger partial charge in [-0.3, -0.25) is 0 Å². The van der Waals surface area contributed by atoms with E-state index in [0.717, 1.165) is 6.07 Å². The molecule has 88 valence electrons. The molecule has 0 saturated carbocycles. The van der Waals surface area contributed by atoms with Crippen LogP contribution in [0.2, 0.25) is 0 Å². The van der Waals surface area contributed by atoms with Crippen LogP contribution in [0.1, 0.15) is 12.1 Å². The molecule has 0 amide bonds. The Kier molecular flexibility index (Phi) is 2.75. The number of pyridine rings is 1. The second-order valence-corrected chi connectivity index (χ2v) is 3.77. The third-order valence-electron chi connectivity index (χ3n) is 2.51. The van der Waals surface area contributed by atoms with Crippen LogP contribution in [0.15, 0.2) is 18.2 Å². The van der Waals surface area contributed by atoms with Crippen molar-refractivity contribution in [3.8, 4) is 0 Å². The van der Waals surface area contributed by atoms with E-state index < -0.39 is 18.0 Å². The zero-order valence-electron chi connectivity index (χ0n) is 8.41. The first-order chi connectivity index (χ1) is 7.47. The van der Waals surface area contributed by atoms with Crippen LogP contribution in [0, 0.1) is 0 Å². The summed E-state index contributed by atoms with van der Waals surface area (Å²) >= 11 is 0. The maximum atomic E-state index is 12.4. The number of aliphatic hydroxyl groups excluding tert-OH is 1. The van der Waals surface area contributed by atoms with Gasteiger partial charge in [0.2, 0.25) is 0 Å². The predicted octanol–water partition coefficient (Wildman–Crippen LogP) is 1.67. The van der Waals surface area contributed by atoms with E-state index in [-0.39, 0.29) is 5.82 Å². The molecular formula is C10H11F3N2O. The first kappa shape index (κ1) is 11.2. The molecule has 0 aliphatic carbocycles. The molecule has 0 spiro atoms. The average Bonchev–Trinajstić information content (AvgIpc) is 2.64. The molecule has 3 nitrogen and oxygen atoms in total. The third-order valence-corrected chi connectivity index (χ3v) is 2.51. The van der Waals surface area contributed by atoms with Gasteiger partial charge in [-0.05, 0) is 18.6 Å². The molecule has 0 aromatic carbocycles. The molecule has 1 aromatic rings. The minimum absolute atomic E-state index is 0.270. The van der Waals surface area contributed by atoms with Crippen LogP contribution in [-0.2, 0) is 6.18 Å². The van der Waals surface area contributed by atoms with E-state index in [2.05, 4.69) is 4.98 Å². The van der Waals surface area contributed by atoms with E-state index in [1.165, 1.54) is 12.1 Å². The van der Waals surface area contributed by atoms with Crippen molar-refractivity contribution >= 4 is 5.82 Å². The first-order valence-corrected chi connectivity index (χ1v) is 4.94. The Labute approximate surface area is 90.5 Å². The number of hydrogen-bond acceptors (Lipinski definition) is 3. The smallest absolute Gasteiger partial charge is 0.391 e. The van der Waals surface area contributed by atoms with Crippen LogP contribution in [0.25, 0.3) is 0 Å². The molecule has 6 heteroatoms. The van der Waals surface area contributed by atoms with Gasteiger partial charge in [-0.25, -0.2) is 4.98 Å². The summed E-state index contributed by atoms with van der Waals surface area (Å²) in [4.78, 5) is 5.20. The highest BCUT2D eigenvalue weighted by Crippen LogP contribution is 2.29. The normalized spacial score (nSPS) is 21.5. The highest BCUT2D eigenvalue weighted by Gasteiger charge is 2.33. The van der Waals surface area contributed by atoms with Crippen molar-refractivity contribution in [1.82, 2.24) is 4.98 Å². The molecule has 0 bridgehead atoms. The number of aliphatic hydroxyl groups is 1. The van der Waals surface area contributed by atoms with Gasteiger partial charge in [0.15, 0.2) is 0 Å². The lowest BCUT2D eigenvalue weighted by Crippen LogP contribution is -2.23. The second kappa shape index (κ2) is 3.93. The topological polar surface area (TPSA) is 36.4 Å². The summed E-state index contributed by atoms with van der Waals surface area (Å²) in [5.74, 6) is 0.270. The molecule has 0 radical (unpaired) electrons. The van der Waals surface area contributed by atoms with Crippen LogP contribution in [0.4, 0.5) is 19.0 Å². The summed E-state index contributed by atoms with van der Waals surface area (Å²) in [7, 11) is 0. The number of anilines is 1. The number of nitrogens with zero attached hydrogens (tertiary/aromatic N) is 2. The number of hydrogen-bond donors (Lipinski definition) is 1. The highest BCUT2D eigenvalue weighted by atomic mass is 19.4. The van der Waals surface area contributed by atoms with E-state index >= 15 is 0 Å². The molecule has 2 heterocycles. The minimum Gasteiger partial charge on any atom is -0.391 e. The Bertz CT molecular complexity index is 381. The molecule has 1 N–H and O–H groups in total. The first-order valence-electron chi connectivity index (χ1n) is 4.94. The SMILES string of the molecule is O[C@@H]1CCN(c2cccc(C(F)(F)F)n2)C1. The molecule has 1 aliphatic rings. The molecule has 1 atom stereocenters. The van der Waals surface area contributed by atoms with Crippen LogP contribution < -0.4 is 4.90 Å². The molecule has 0 unspecified atom stereocenters. The predicted molar refractivity (Wildman–Crippen MR) is 52.1 cm³/mol. The van der Waals surface area contributed by atoms with E-state index in [0.29, 0.717) is 19.5 Å². The Morgan fingerprint density at radius 1 is 1.38 bits per heavy atom. The molecule has 1 aliphatic heterocycles. The second-order valence-electron chi connectivity index (χ2n) is 3.77. The largest absolute Gasteiger partial charge is 0.433 e. The maximum Gasteiger partial charge on any atom is 0.433 e. The number of aromatic nitrogens is 1. The van der Waals surface area contributed by atoms with Crippen molar-refractivity contribution in [1.29, 1.82) is 0 Å². The minimum atomic E-state index is -4.42. The lowest BCUT2D eigenvalue weighted by Gasteiger charge is -2.17. The summed E-state index contributed by atoms with van der Waals surface area (Å²) in [5, 5.41) is 9.30. The Morgan fingerprint density at radius 3 is 2.69 bits per heavy atom. The van der Waals surface area contributed by atoms with Crippen molar-refractivity contribution in [3.63, 3.8) is 0 Å². The lowest BCUT2D eigenvalue weighted by molar-refractivity contribution is -0.141. The summed E-state index contributed by atoms with van der Waals surface area (Å²) in [6, 6.07) is 3.79. The van der Waals surface area contributed by atoms with Crippen molar-refractivity contribution in [3.05, 3.63) is 23.9 Å². The fourth-order valence-electron chi connectivity index (χ4n) is 1.71. The van der Waals surface area contributed by atoms with Crippen molar-refractivity contribution < 1.29 is 18.3 Å². The van der Waals surface area contributed by atoms with Crippen LogP contribution in [-0.4, -0.2) is 29.3 Å². The van der Waals surface area contributed by atoms with Gasteiger partial charge in [0.05, 0.1) is 6.10 Å². The summed E-state index contributed by atoms with van der Waals surface area (Å²) < 4.78 is 37.2. The number of β-amino-alcohol motifs (C(OH)–C–C–N with tert-alkyl or cyclic N) is 1. The van der Waals surface area contributed by atoms with E-state index in [4.69, 9.17) is 0 Å². The molecule has 1 aromatic heterocycles. The third kappa shape index (κ3) is 2.27. The van der Waals surface area contributed by atoms with Gasteiger partial charge >= 0.3 is 6.18 Å². The van der Waals surface area contributed by atoms with Gasteiger partial charge in [-0.15, -0.1) is 0 Å². The lowest BCUT2D eigenvalue weighted by atomic mass is 10.3. The van der Waals surface area contributed by atoms with E-state index in [9.17, 15) is 18.3 Å². The van der Waals surface area contributed by atoms with Gasteiger partial charge in [-0.2, -0.15) is 13.2 Å². The number of alkyl halides is 3. The number of halogens is 3. The average molecular weight is 232 g/mol. The summed E-state index contributed by atoms with van der Waals surface area (Å²) in [6.07, 6.45) is -4.33. The fraction of sp³-hybridized carbons (Fsp3) is 0.500. The molecule has 2 rings (SSSR count). The zero-order chi connectivity index (χ0) is 11.8. The van der Waals surface area contributed by atoms with Crippen LogP contribution in [0.3, 0.4) is 0 Å². The molecule has 1 fully saturated rings. The van der Waals surface area contributed by atoms with Gasteiger partial charge in [-0.1, -0.05) is 6.07 Å². The Balaban J connectivity index is 2.23. The number of rotatable bonds is 1. The highest BCUT2D eigenvalue weighted by molar-refractivity contribution is 5.41. The zero-order valence-corrected chi connectivity index (χ0v) is 8.41. The standard InChI is InChI=1S/C10H11F3N2O/c11-10(12,13)8-2-1-3-9(14-8)15-5-4-7(16)6-15/h1-3,7,16H,4-6H2/t7-/m1/s1. The molecular weight excluding hydrogens is 221 g/mol. The van der Waals surface area contributed by atoms with Gasteiger partial charge < -0.3 is 10.0 Å². The van der Waals surface area contributed by atoms with Crippen molar-refractivity contribution in [2.24, 2.45) is 0 Å². The maximum absolute atomic E-state index is 12.4. The van der Waals surface area contributed by atoms with Gasteiger partial charge in [0.25, 0.3) is 0 Å². The van der Waals surface area contributed by atoms with E-state index in [1.54, 1.807) is 4.90 Å². The van der Waals surface area contributed by atoms with Crippen LogP contribution >= 0.6 is 0 Å². The van der Waals surface area contributed by atoms with E-state index in [1.807, 2.05) is 0 Å². The van der Waals surface area contributed by atoms with Crippen molar-refractivity contribution in [2.45, 2.75) is 18.7 Å². The molecule has 1 saturated heterocycles. The Morgan fingerprint density at radius 2 is 2.12 bits per heavy atom. The van der Waals surface area contributed by atoms with Crippen molar-refractivity contribution in [2.75, 3.05) is 18.0 Å². The summed E-state index contributed by atoms with van der Waals surface area (Å²) in [6.45, 7) is 0.879. The summed E-state index contributed by atoms with van der Waals surface area (Å²) in [5.41, 5.74) is -0.897. The monoisotopic (exact) mass is 232 g/mol.